The second kappa shape index (κ2) is 4.89. The van der Waals surface area contributed by atoms with Gasteiger partial charge in [-0.2, -0.15) is 0 Å². The van der Waals surface area contributed by atoms with Crippen molar-refractivity contribution in [2.75, 3.05) is 24.7 Å². The van der Waals surface area contributed by atoms with E-state index in [0.29, 0.717) is 25.6 Å². The lowest BCUT2D eigenvalue weighted by molar-refractivity contribution is 0.0690. The van der Waals surface area contributed by atoms with Gasteiger partial charge in [-0.3, -0.25) is 0 Å². The molecule has 1 aliphatic heterocycles. The van der Waals surface area contributed by atoms with E-state index in [1.807, 2.05) is 11.8 Å². The lowest BCUT2D eigenvalue weighted by atomic mass is 10.2. The summed E-state index contributed by atoms with van der Waals surface area (Å²) < 4.78 is 5.32. The smallest absolute Gasteiger partial charge is 0.356 e. The average molecular weight is 257 g/mol. The zero-order chi connectivity index (χ0) is 12.4. The van der Waals surface area contributed by atoms with Crippen molar-refractivity contribution in [2.24, 2.45) is 0 Å². The normalized spacial score (nSPS) is 20.4. The lowest BCUT2D eigenvalue weighted by Crippen LogP contribution is -2.44. The fraction of sp³-hybridized carbons (Fsp3) is 0.455. The monoisotopic (exact) mass is 256 g/mol. The number of hydrogen-bond acceptors (Lipinski definition) is 4. The molecule has 1 N–H and O–H groups in total. The summed E-state index contributed by atoms with van der Waals surface area (Å²) in [6, 6.07) is 3.48. The number of carboxylic acid groups (broad SMARTS) is 1. The minimum Gasteiger partial charge on any atom is -0.476 e. The van der Waals surface area contributed by atoms with Crippen LogP contribution in [-0.2, 0) is 4.74 Å². The van der Waals surface area contributed by atoms with Crippen LogP contribution in [0.4, 0.5) is 5.82 Å². The van der Waals surface area contributed by atoms with Crippen LogP contribution in [0.5, 0.6) is 0 Å². The second-order valence-corrected chi connectivity index (χ2v) is 4.33. The summed E-state index contributed by atoms with van der Waals surface area (Å²) in [6.45, 7) is 3.95. The maximum absolute atomic E-state index is 10.9. The summed E-state index contributed by atoms with van der Waals surface area (Å²) in [7, 11) is 0. The Balaban J connectivity index is 2.32. The topological polar surface area (TPSA) is 62.7 Å². The molecule has 0 radical (unpaired) electrons. The third kappa shape index (κ3) is 2.50. The van der Waals surface area contributed by atoms with Gasteiger partial charge in [-0.25, -0.2) is 9.78 Å². The van der Waals surface area contributed by atoms with E-state index in [2.05, 4.69) is 4.98 Å². The van der Waals surface area contributed by atoms with Gasteiger partial charge in [0.2, 0.25) is 0 Å². The minimum absolute atomic E-state index is 0.108. The third-order valence-electron chi connectivity index (χ3n) is 2.70. The van der Waals surface area contributed by atoms with Gasteiger partial charge >= 0.3 is 5.97 Å². The Morgan fingerprint density at radius 1 is 1.65 bits per heavy atom. The van der Waals surface area contributed by atoms with E-state index >= 15 is 0 Å². The van der Waals surface area contributed by atoms with Crippen LogP contribution in [0.2, 0.25) is 5.02 Å². The first kappa shape index (κ1) is 12.1. The molecular weight excluding hydrogens is 244 g/mol. The fourth-order valence-corrected chi connectivity index (χ4v) is 2.00. The molecule has 1 unspecified atom stereocenters. The molecule has 0 aromatic carbocycles. The zero-order valence-electron chi connectivity index (χ0n) is 9.39. The maximum atomic E-state index is 10.9. The zero-order valence-corrected chi connectivity index (χ0v) is 10.1. The number of carboxylic acids is 1. The predicted molar refractivity (Wildman–Crippen MR) is 63.8 cm³/mol. The van der Waals surface area contributed by atoms with Crippen LogP contribution in [-0.4, -0.2) is 41.9 Å². The molecule has 2 rings (SSSR count). The van der Waals surface area contributed by atoms with Crippen molar-refractivity contribution in [1.29, 1.82) is 0 Å². The highest BCUT2D eigenvalue weighted by Crippen LogP contribution is 2.22. The Kier molecular flexibility index (Phi) is 3.49. The van der Waals surface area contributed by atoms with E-state index in [0.717, 1.165) is 0 Å². The summed E-state index contributed by atoms with van der Waals surface area (Å²) in [4.78, 5) is 17.1. The van der Waals surface area contributed by atoms with Gasteiger partial charge in [0.05, 0.1) is 24.3 Å². The summed E-state index contributed by atoms with van der Waals surface area (Å²) in [5.74, 6) is -0.486. The van der Waals surface area contributed by atoms with Gasteiger partial charge in [-0.15, -0.1) is 0 Å². The number of anilines is 1. The van der Waals surface area contributed by atoms with Gasteiger partial charge < -0.3 is 14.7 Å². The van der Waals surface area contributed by atoms with E-state index in [1.165, 1.54) is 0 Å². The summed E-state index contributed by atoms with van der Waals surface area (Å²) in [5.41, 5.74) is -0.108. The summed E-state index contributed by atoms with van der Waals surface area (Å²) in [6.07, 6.45) is 0. The molecular formula is C11H13ClN2O3. The highest BCUT2D eigenvalue weighted by molar-refractivity contribution is 6.33. The molecule has 17 heavy (non-hydrogen) atoms. The minimum atomic E-state index is -1.11. The van der Waals surface area contributed by atoms with Crippen LogP contribution < -0.4 is 4.90 Å². The Morgan fingerprint density at radius 2 is 2.41 bits per heavy atom. The number of aromatic nitrogens is 1. The molecule has 0 spiro atoms. The number of ether oxygens (including phenoxy) is 1. The van der Waals surface area contributed by atoms with Crippen LogP contribution in [0, 0.1) is 0 Å². The highest BCUT2D eigenvalue weighted by atomic mass is 35.5. The molecule has 0 aliphatic carbocycles. The van der Waals surface area contributed by atoms with E-state index in [4.69, 9.17) is 21.4 Å². The van der Waals surface area contributed by atoms with Crippen molar-refractivity contribution in [3.05, 3.63) is 22.8 Å². The Hall–Kier alpha value is -1.33. The second-order valence-electron chi connectivity index (χ2n) is 3.92. The number of halogens is 1. The van der Waals surface area contributed by atoms with E-state index in [1.54, 1.807) is 12.1 Å². The van der Waals surface area contributed by atoms with Crippen LogP contribution in [0.25, 0.3) is 0 Å². The number of carbonyl (C=O) groups is 1. The Labute approximate surface area is 104 Å². The highest BCUT2D eigenvalue weighted by Gasteiger charge is 2.22. The largest absolute Gasteiger partial charge is 0.476 e. The van der Waals surface area contributed by atoms with Crippen LogP contribution in [0.15, 0.2) is 12.1 Å². The van der Waals surface area contributed by atoms with Gasteiger partial charge in [0.1, 0.15) is 5.82 Å². The van der Waals surface area contributed by atoms with Gasteiger partial charge in [-0.05, 0) is 19.1 Å². The number of pyridine rings is 1. The average Bonchev–Trinajstić information content (AvgIpc) is 2.30. The van der Waals surface area contributed by atoms with Crippen molar-refractivity contribution in [2.45, 2.75) is 13.0 Å². The fourth-order valence-electron chi connectivity index (χ4n) is 1.81. The van der Waals surface area contributed by atoms with Crippen molar-refractivity contribution in [1.82, 2.24) is 4.98 Å². The van der Waals surface area contributed by atoms with Gasteiger partial charge in [0.15, 0.2) is 5.69 Å². The molecule has 1 saturated heterocycles. The summed E-state index contributed by atoms with van der Waals surface area (Å²) >= 11 is 5.78. The first-order chi connectivity index (χ1) is 8.09. The lowest BCUT2D eigenvalue weighted by Gasteiger charge is -2.34. The standard InChI is InChI=1S/C11H13ClN2O3/c1-7-6-17-5-4-14(7)9-3-2-8(12)10(13-9)11(15)16/h2-3,7H,4-6H2,1H3,(H,15,16). The number of morpholine rings is 1. The predicted octanol–water partition coefficient (Wildman–Crippen LogP) is 1.66. The quantitative estimate of drug-likeness (QED) is 0.872. The molecule has 92 valence electrons. The van der Waals surface area contributed by atoms with Gasteiger partial charge in [-0.1, -0.05) is 11.6 Å². The van der Waals surface area contributed by atoms with Crippen molar-refractivity contribution >= 4 is 23.4 Å². The van der Waals surface area contributed by atoms with Gasteiger partial charge in [0.25, 0.3) is 0 Å². The first-order valence-corrected chi connectivity index (χ1v) is 5.71. The molecule has 1 fully saturated rings. The number of hydrogen-bond donors (Lipinski definition) is 1. The Bertz CT molecular complexity index is 439. The van der Waals surface area contributed by atoms with E-state index in [9.17, 15) is 4.79 Å². The Morgan fingerprint density at radius 3 is 3.06 bits per heavy atom. The number of rotatable bonds is 2. The summed E-state index contributed by atoms with van der Waals surface area (Å²) in [5, 5.41) is 9.12. The van der Waals surface area contributed by atoms with Crippen LogP contribution >= 0.6 is 11.6 Å². The maximum Gasteiger partial charge on any atom is 0.356 e. The van der Waals surface area contributed by atoms with Crippen LogP contribution in [0.1, 0.15) is 17.4 Å². The van der Waals surface area contributed by atoms with Crippen molar-refractivity contribution < 1.29 is 14.6 Å². The van der Waals surface area contributed by atoms with E-state index in [-0.39, 0.29) is 16.8 Å². The SMILES string of the molecule is CC1COCCN1c1ccc(Cl)c(C(=O)O)n1. The van der Waals surface area contributed by atoms with E-state index < -0.39 is 5.97 Å². The number of nitrogens with zero attached hydrogens (tertiary/aromatic N) is 2. The number of aromatic carboxylic acids is 1. The third-order valence-corrected chi connectivity index (χ3v) is 3.00. The van der Waals surface area contributed by atoms with Crippen molar-refractivity contribution in [3.63, 3.8) is 0 Å². The molecule has 0 amide bonds. The first-order valence-electron chi connectivity index (χ1n) is 5.34. The van der Waals surface area contributed by atoms with Gasteiger partial charge in [0, 0.05) is 6.54 Å². The molecule has 1 aromatic rings. The molecule has 1 atom stereocenters. The van der Waals surface area contributed by atoms with Crippen molar-refractivity contribution in [3.8, 4) is 0 Å². The van der Waals surface area contributed by atoms with Crippen LogP contribution in [0.3, 0.4) is 0 Å². The molecule has 6 heteroatoms. The molecule has 2 heterocycles. The molecule has 1 aliphatic rings. The molecule has 0 bridgehead atoms. The molecule has 1 aromatic heterocycles. The molecule has 5 nitrogen and oxygen atoms in total. The molecule has 0 saturated carbocycles.